The zero-order valence-electron chi connectivity index (χ0n) is 9.24. The molecule has 0 aliphatic carbocycles. The maximum Gasteiger partial charge on any atom is 0.252 e. The molecule has 4 heteroatoms. The van der Waals surface area contributed by atoms with Gasteiger partial charge in [0.1, 0.15) is 0 Å². The monoisotopic (exact) mass is 285 g/mol. The number of carbonyl (C=O) groups excluding carboxylic acids is 1. The van der Waals surface area contributed by atoms with E-state index in [1.165, 1.54) is 0 Å². The summed E-state index contributed by atoms with van der Waals surface area (Å²) in [7, 11) is 0. The molecule has 1 aromatic carbocycles. The minimum atomic E-state index is -0.104. The molecule has 1 rings (SSSR count). The van der Waals surface area contributed by atoms with E-state index in [4.69, 9.17) is 5.11 Å². The smallest absolute Gasteiger partial charge is 0.252 e. The number of hydrogen-bond donors (Lipinski definition) is 2. The minimum Gasteiger partial charge on any atom is -0.396 e. The van der Waals surface area contributed by atoms with Gasteiger partial charge < -0.3 is 10.4 Å². The third-order valence-electron chi connectivity index (χ3n) is 2.42. The second-order valence-electron chi connectivity index (χ2n) is 3.57. The highest BCUT2D eigenvalue weighted by Gasteiger charge is 2.13. The van der Waals surface area contributed by atoms with E-state index >= 15 is 0 Å². The summed E-state index contributed by atoms with van der Waals surface area (Å²) in [4.78, 5) is 11.9. The summed E-state index contributed by atoms with van der Waals surface area (Å²) in [6, 6.07) is 7.33. The van der Waals surface area contributed by atoms with Crippen LogP contribution in [0, 0.1) is 0 Å². The van der Waals surface area contributed by atoms with Crippen molar-refractivity contribution in [3.05, 3.63) is 34.3 Å². The fraction of sp³-hybridized carbons (Fsp3) is 0.417. The van der Waals surface area contributed by atoms with Crippen LogP contribution in [0.2, 0.25) is 0 Å². The predicted octanol–water partition coefficient (Wildman–Crippen LogP) is 2.34. The van der Waals surface area contributed by atoms with Crippen LogP contribution in [0.15, 0.2) is 28.7 Å². The normalized spacial score (nSPS) is 12.2. The summed E-state index contributed by atoms with van der Waals surface area (Å²) in [6.45, 7) is 2.08. The Morgan fingerprint density at radius 1 is 1.50 bits per heavy atom. The molecule has 0 saturated carbocycles. The van der Waals surface area contributed by atoms with E-state index < -0.39 is 0 Å². The number of nitrogens with one attached hydrogen (secondary N) is 1. The van der Waals surface area contributed by atoms with Crippen molar-refractivity contribution >= 4 is 21.8 Å². The number of amides is 1. The second kappa shape index (κ2) is 6.66. The van der Waals surface area contributed by atoms with Gasteiger partial charge in [-0.15, -0.1) is 0 Å². The van der Waals surface area contributed by atoms with E-state index in [2.05, 4.69) is 21.2 Å². The Hall–Kier alpha value is -0.870. The highest BCUT2D eigenvalue weighted by molar-refractivity contribution is 9.10. The summed E-state index contributed by atoms with van der Waals surface area (Å²) in [5.74, 6) is -0.104. The molecule has 1 unspecified atom stereocenters. The molecule has 0 aliphatic rings. The number of aliphatic hydroxyl groups is 1. The topological polar surface area (TPSA) is 49.3 Å². The molecule has 1 atom stereocenters. The number of hydrogen-bond acceptors (Lipinski definition) is 2. The third-order valence-corrected chi connectivity index (χ3v) is 3.12. The van der Waals surface area contributed by atoms with Gasteiger partial charge in [-0.3, -0.25) is 4.79 Å². The lowest BCUT2D eigenvalue weighted by atomic mass is 10.1. The fourth-order valence-corrected chi connectivity index (χ4v) is 1.91. The Balaban J connectivity index is 2.68. The average molecular weight is 286 g/mol. The van der Waals surface area contributed by atoms with Crippen molar-refractivity contribution in [2.75, 3.05) is 6.61 Å². The summed E-state index contributed by atoms with van der Waals surface area (Å²) in [5.41, 5.74) is 0.624. The van der Waals surface area contributed by atoms with Crippen molar-refractivity contribution in [3.63, 3.8) is 0 Å². The first-order valence-corrected chi connectivity index (χ1v) is 6.14. The molecule has 3 nitrogen and oxygen atoms in total. The highest BCUT2D eigenvalue weighted by Crippen LogP contribution is 2.16. The van der Waals surface area contributed by atoms with Gasteiger partial charge in [-0.25, -0.2) is 0 Å². The van der Waals surface area contributed by atoms with Gasteiger partial charge in [0.2, 0.25) is 0 Å². The van der Waals surface area contributed by atoms with Crippen LogP contribution in [0.3, 0.4) is 0 Å². The van der Waals surface area contributed by atoms with Crippen molar-refractivity contribution in [1.29, 1.82) is 0 Å². The molecule has 0 heterocycles. The molecule has 88 valence electrons. The minimum absolute atomic E-state index is 0.0320. The first-order chi connectivity index (χ1) is 7.69. The molecule has 0 aliphatic heterocycles. The predicted molar refractivity (Wildman–Crippen MR) is 67.4 cm³/mol. The molecule has 0 saturated heterocycles. The van der Waals surface area contributed by atoms with Crippen molar-refractivity contribution < 1.29 is 9.90 Å². The van der Waals surface area contributed by atoms with Crippen LogP contribution in [-0.2, 0) is 0 Å². The zero-order chi connectivity index (χ0) is 12.0. The lowest BCUT2D eigenvalue weighted by molar-refractivity contribution is 0.0928. The molecule has 2 N–H and O–H groups in total. The molecule has 1 aromatic rings. The molecule has 0 radical (unpaired) electrons. The molecule has 0 fully saturated rings. The summed E-state index contributed by atoms with van der Waals surface area (Å²) in [5, 5.41) is 11.7. The van der Waals surface area contributed by atoms with Crippen molar-refractivity contribution in [2.45, 2.75) is 25.8 Å². The Bertz CT molecular complexity index is 355. The maximum atomic E-state index is 11.9. The number of carbonyl (C=O) groups is 1. The molecule has 1 amide bonds. The quantitative estimate of drug-likeness (QED) is 0.873. The van der Waals surface area contributed by atoms with E-state index in [1.54, 1.807) is 6.07 Å². The molecular formula is C12H16BrNO2. The fourth-order valence-electron chi connectivity index (χ4n) is 1.44. The Kier molecular flexibility index (Phi) is 5.49. The van der Waals surface area contributed by atoms with Crippen LogP contribution in [0.4, 0.5) is 0 Å². The van der Waals surface area contributed by atoms with Gasteiger partial charge >= 0.3 is 0 Å². The lowest BCUT2D eigenvalue weighted by Crippen LogP contribution is -2.35. The van der Waals surface area contributed by atoms with Crippen LogP contribution in [-0.4, -0.2) is 23.7 Å². The zero-order valence-corrected chi connectivity index (χ0v) is 10.8. The van der Waals surface area contributed by atoms with Crippen LogP contribution in [0.5, 0.6) is 0 Å². The van der Waals surface area contributed by atoms with Crippen LogP contribution in [0.1, 0.15) is 30.1 Å². The van der Waals surface area contributed by atoms with Crippen molar-refractivity contribution in [2.24, 2.45) is 0 Å². The van der Waals surface area contributed by atoms with Crippen LogP contribution < -0.4 is 5.32 Å². The largest absolute Gasteiger partial charge is 0.396 e. The van der Waals surface area contributed by atoms with Gasteiger partial charge in [-0.2, -0.15) is 0 Å². The summed E-state index contributed by atoms with van der Waals surface area (Å²) >= 11 is 3.34. The first kappa shape index (κ1) is 13.2. The van der Waals surface area contributed by atoms with E-state index in [0.717, 1.165) is 10.9 Å². The maximum absolute atomic E-state index is 11.9. The molecule has 0 bridgehead atoms. The van der Waals surface area contributed by atoms with Crippen molar-refractivity contribution in [3.8, 4) is 0 Å². The standard InChI is InChI=1S/C12H16BrNO2/c1-2-9(7-8-15)14-12(16)10-5-3-4-6-11(10)13/h3-6,9,15H,2,7-8H2,1H3,(H,14,16). The van der Waals surface area contributed by atoms with Gasteiger partial charge in [-0.1, -0.05) is 19.1 Å². The van der Waals surface area contributed by atoms with Gasteiger partial charge in [0.05, 0.1) is 5.56 Å². The lowest BCUT2D eigenvalue weighted by Gasteiger charge is -2.16. The SMILES string of the molecule is CCC(CCO)NC(=O)c1ccccc1Br. The summed E-state index contributed by atoms with van der Waals surface area (Å²) in [6.07, 6.45) is 1.41. The van der Waals surface area contributed by atoms with Crippen molar-refractivity contribution in [1.82, 2.24) is 5.32 Å². The van der Waals surface area contributed by atoms with Gasteiger partial charge in [-0.05, 0) is 40.9 Å². The third kappa shape index (κ3) is 3.61. The Labute approximate surface area is 104 Å². The average Bonchev–Trinajstić information content (AvgIpc) is 2.28. The second-order valence-corrected chi connectivity index (χ2v) is 4.43. The first-order valence-electron chi connectivity index (χ1n) is 5.35. The van der Waals surface area contributed by atoms with E-state index in [-0.39, 0.29) is 18.6 Å². The number of rotatable bonds is 5. The van der Waals surface area contributed by atoms with Crippen LogP contribution in [0.25, 0.3) is 0 Å². The van der Waals surface area contributed by atoms with Crippen LogP contribution >= 0.6 is 15.9 Å². The van der Waals surface area contributed by atoms with E-state index in [9.17, 15) is 4.79 Å². The van der Waals surface area contributed by atoms with E-state index in [1.807, 2.05) is 25.1 Å². The number of benzene rings is 1. The van der Waals surface area contributed by atoms with Gasteiger partial charge in [0.25, 0.3) is 5.91 Å². The Morgan fingerprint density at radius 3 is 2.75 bits per heavy atom. The number of halogens is 1. The highest BCUT2D eigenvalue weighted by atomic mass is 79.9. The van der Waals surface area contributed by atoms with Gasteiger partial charge in [0.15, 0.2) is 0 Å². The molecular weight excluding hydrogens is 270 g/mol. The molecule has 16 heavy (non-hydrogen) atoms. The number of aliphatic hydroxyl groups excluding tert-OH is 1. The van der Waals surface area contributed by atoms with Gasteiger partial charge in [0, 0.05) is 17.1 Å². The Morgan fingerprint density at radius 2 is 2.19 bits per heavy atom. The van der Waals surface area contributed by atoms with E-state index in [0.29, 0.717) is 12.0 Å². The molecule has 0 spiro atoms. The summed E-state index contributed by atoms with van der Waals surface area (Å²) < 4.78 is 0.784. The molecule has 0 aromatic heterocycles.